The van der Waals surface area contributed by atoms with E-state index in [1.165, 1.54) is 11.8 Å². The second-order valence-electron chi connectivity index (χ2n) is 5.20. The van der Waals surface area contributed by atoms with E-state index in [1.807, 2.05) is 36.7 Å². The van der Waals surface area contributed by atoms with Gasteiger partial charge in [-0.2, -0.15) is 5.26 Å². The summed E-state index contributed by atoms with van der Waals surface area (Å²) in [6, 6.07) is 7.50. The lowest BCUT2D eigenvalue weighted by atomic mass is 9.99. The molecule has 4 nitrogen and oxygen atoms in total. The SMILES string of the molecule is CSC(=Nc1ccc(OCC(C)(C)C)cc1)NC#N. The zero-order valence-corrected chi connectivity index (χ0v) is 12.5. The van der Waals surface area contributed by atoms with E-state index >= 15 is 0 Å². The summed E-state index contributed by atoms with van der Waals surface area (Å²) in [7, 11) is 0. The van der Waals surface area contributed by atoms with Crippen LogP contribution < -0.4 is 10.1 Å². The van der Waals surface area contributed by atoms with Crippen LogP contribution in [0, 0.1) is 16.9 Å². The van der Waals surface area contributed by atoms with E-state index in [-0.39, 0.29) is 5.41 Å². The Morgan fingerprint density at radius 2 is 2.00 bits per heavy atom. The second-order valence-corrected chi connectivity index (χ2v) is 6.00. The van der Waals surface area contributed by atoms with E-state index in [4.69, 9.17) is 10.00 Å². The molecule has 0 heterocycles. The first-order chi connectivity index (χ1) is 8.94. The normalized spacial score (nSPS) is 11.8. The fraction of sp³-hybridized carbons (Fsp3) is 0.429. The van der Waals surface area contributed by atoms with Gasteiger partial charge in [-0.3, -0.25) is 5.32 Å². The lowest BCUT2D eigenvalue weighted by molar-refractivity contribution is 0.198. The third kappa shape index (κ3) is 6.16. The van der Waals surface area contributed by atoms with Crippen molar-refractivity contribution in [1.82, 2.24) is 5.32 Å². The lowest BCUT2D eigenvalue weighted by Gasteiger charge is -2.18. The van der Waals surface area contributed by atoms with Crippen LogP contribution in [0.3, 0.4) is 0 Å². The minimum Gasteiger partial charge on any atom is -0.493 e. The molecule has 0 fully saturated rings. The van der Waals surface area contributed by atoms with Gasteiger partial charge < -0.3 is 4.74 Å². The van der Waals surface area contributed by atoms with Crippen LogP contribution in [-0.2, 0) is 0 Å². The summed E-state index contributed by atoms with van der Waals surface area (Å²) in [4.78, 5) is 4.31. The minimum absolute atomic E-state index is 0.138. The summed E-state index contributed by atoms with van der Waals surface area (Å²) in [6.07, 6.45) is 3.73. The molecule has 0 radical (unpaired) electrons. The van der Waals surface area contributed by atoms with Crippen molar-refractivity contribution in [3.05, 3.63) is 24.3 Å². The molecule has 1 rings (SSSR count). The van der Waals surface area contributed by atoms with Crippen LogP contribution in [-0.4, -0.2) is 18.0 Å². The number of ether oxygens (including phenoxy) is 1. The number of hydrogen-bond acceptors (Lipinski definition) is 4. The predicted molar refractivity (Wildman–Crippen MR) is 80.8 cm³/mol. The highest BCUT2D eigenvalue weighted by Crippen LogP contribution is 2.21. The smallest absolute Gasteiger partial charge is 0.183 e. The van der Waals surface area contributed by atoms with Crippen molar-refractivity contribution in [3.63, 3.8) is 0 Å². The molecule has 0 spiro atoms. The van der Waals surface area contributed by atoms with Crippen molar-refractivity contribution in [2.75, 3.05) is 12.9 Å². The van der Waals surface area contributed by atoms with E-state index in [2.05, 4.69) is 31.1 Å². The van der Waals surface area contributed by atoms with Gasteiger partial charge in [-0.25, -0.2) is 4.99 Å². The summed E-state index contributed by atoms with van der Waals surface area (Å²) in [5.41, 5.74) is 0.926. The van der Waals surface area contributed by atoms with Crippen LogP contribution >= 0.6 is 11.8 Å². The average Bonchev–Trinajstić information content (AvgIpc) is 2.36. The molecule has 0 aliphatic heterocycles. The van der Waals surface area contributed by atoms with Gasteiger partial charge in [-0.1, -0.05) is 32.5 Å². The summed E-state index contributed by atoms with van der Waals surface area (Å²) in [5.74, 6) is 0.827. The minimum atomic E-state index is 0.138. The number of thioether (sulfide) groups is 1. The Balaban J connectivity index is 2.69. The number of benzene rings is 1. The Morgan fingerprint density at radius 1 is 1.37 bits per heavy atom. The van der Waals surface area contributed by atoms with Crippen LogP contribution in [0.4, 0.5) is 5.69 Å². The maximum Gasteiger partial charge on any atom is 0.183 e. The van der Waals surface area contributed by atoms with E-state index in [9.17, 15) is 0 Å². The van der Waals surface area contributed by atoms with Crippen LogP contribution in [0.1, 0.15) is 20.8 Å². The number of nitriles is 1. The molecule has 19 heavy (non-hydrogen) atoms. The Kier molecular flexibility index (Phi) is 5.71. The van der Waals surface area contributed by atoms with Gasteiger partial charge in [0.2, 0.25) is 0 Å². The first-order valence-electron chi connectivity index (χ1n) is 5.95. The van der Waals surface area contributed by atoms with Crippen molar-refractivity contribution < 1.29 is 4.74 Å². The summed E-state index contributed by atoms with van der Waals surface area (Å²) >= 11 is 1.39. The molecule has 0 atom stereocenters. The van der Waals surface area contributed by atoms with Gasteiger partial charge in [0.15, 0.2) is 11.4 Å². The molecule has 0 amide bonds. The third-order valence-electron chi connectivity index (χ3n) is 2.10. The number of rotatable bonds is 3. The summed E-state index contributed by atoms with van der Waals surface area (Å²) in [5, 5.41) is 11.7. The Labute approximate surface area is 118 Å². The topological polar surface area (TPSA) is 57.4 Å². The summed E-state index contributed by atoms with van der Waals surface area (Å²) in [6.45, 7) is 7.06. The Bertz CT molecular complexity index is 469. The highest BCUT2D eigenvalue weighted by Gasteiger charge is 2.10. The maximum atomic E-state index is 8.56. The molecule has 0 aliphatic rings. The van der Waals surface area contributed by atoms with Gasteiger partial charge >= 0.3 is 0 Å². The van der Waals surface area contributed by atoms with Gasteiger partial charge in [0.05, 0.1) is 12.3 Å². The van der Waals surface area contributed by atoms with Crippen molar-refractivity contribution >= 4 is 22.6 Å². The largest absolute Gasteiger partial charge is 0.493 e. The molecule has 0 saturated carbocycles. The van der Waals surface area contributed by atoms with Gasteiger partial charge in [0.1, 0.15) is 5.75 Å². The quantitative estimate of drug-likeness (QED) is 0.397. The predicted octanol–water partition coefficient (Wildman–Crippen LogP) is 3.53. The molecule has 0 bridgehead atoms. The number of hydrogen-bond donors (Lipinski definition) is 1. The molecule has 5 heteroatoms. The lowest BCUT2D eigenvalue weighted by Crippen LogP contribution is -2.16. The molecule has 0 aliphatic carbocycles. The maximum absolute atomic E-state index is 8.56. The van der Waals surface area contributed by atoms with Crippen LogP contribution in [0.2, 0.25) is 0 Å². The summed E-state index contributed by atoms with van der Waals surface area (Å²) < 4.78 is 5.68. The molecule has 1 aromatic rings. The highest BCUT2D eigenvalue weighted by atomic mass is 32.2. The van der Waals surface area contributed by atoms with E-state index < -0.39 is 0 Å². The zero-order chi connectivity index (χ0) is 14.3. The van der Waals surface area contributed by atoms with E-state index in [0.29, 0.717) is 11.8 Å². The molecule has 0 aromatic heterocycles. The zero-order valence-electron chi connectivity index (χ0n) is 11.7. The molecule has 102 valence electrons. The van der Waals surface area contributed by atoms with Crippen LogP contribution in [0.15, 0.2) is 29.3 Å². The number of aliphatic imine (C=N–C) groups is 1. The fourth-order valence-corrected chi connectivity index (χ4v) is 1.55. The molecule has 1 aromatic carbocycles. The molecular formula is C14H19N3OS. The standard InChI is InChI=1S/C14H19N3OS/c1-14(2,3)9-18-12-7-5-11(6-8-12)17-13(19-4)16-10-15/h5-8H,9H2,1-4H3,(H,16,17). The second kappa shape index (κ2) is 7.05. The average molecular weight is 277 g/mol. The van der Waals surface area contributed by atoms with Crippen LogP contribution in [0.25, 0.3) is 0 Å². The van der Waals surface area contributed by atoms with Crippen molar-refractivity contribution in [1.29, 1.82) is 5.26 Å². The molecule has 0 saturated heterocycles. The van der Waals surface area contributed by atoms with Gasteiger partial charge in [-0.05, 0) is 35.9 Å². The van der Waals surface area contributed by atoms with E-state index in [1.54, 1.807) is 0 Å². The van der Waals surface area contributed by atoms with E-state index in [0.717, 1.165) is 11.4 Å². The van der Waals surface area contributed by atoms with Gasteiger partial charge in [0, 0.05) is 0 Å². The molecule has 0 unspecified atom stereocenters. The first-order valence-corrected chi connectivity index (χ1v) is 7.18. The van der Waals surface area contributed by atoms with Crippen LogP contribution in [0.5, 0.6) is 5.75 Å². The highest BCUT2D eigenvalue weighted by molar-refractivity contribution is 8.13. The number of nitrogens with one attached hydrogen (secondary N) is 1. The third-order valence-corrected chi connectivity index (χ3v) is 2.68. The van der Waals surface area contributed by atoms with Crippen molar-refractivity contribution in [2.24, 2.45) is 10.4 Å². The Morgan fingerprint density at radius 3 is 2.47 bits per heavy atom. The van der Waals surface area contributed by atoms with Crippen molar-refractivity contribution in [3.8, 4) is 11.9 Å². The number of amidine groups is 1. The molecule has 1 N–H and O–H groups in total. The monoisotopic (exact) mass is 277 g/mol. The first kappa shape index (κ1) is 15.4. The van der Waals surface area contributed by atoms with Crippen molar-refractivity contribution in [2.45, 2.75) is 20.8 Å². The number of nitrogens with zero attached hydrogens (tertiary/aromatic N) is 2. The fourth-order valence-electron chi connectivity index (χ4n) is 1.21. The van der Waals surface area contributed by atoms with Gasteiger partial charge in [0.25, 0.3) is 0 Å². The Hall–Kier alpha value is -1.67. The van der Waals surface area contributed by atoms with Gasteiger partial charge in [-0.15, -0.1) is 0 Å². The molecular weight excluding hydrogens is 258 g/mol.